The molecule has 1 aromatic carbocycles. The molecule has 0 aliphatic heterocycles. The minimum atomic E-state index is -0.987. The van der Waals surface area contributed by atoms with Crippen molar-refractivity contribution in [2.24, 2.45) is 5.92 Å². The molecule has 2 heteroatoms. The average molecular weight is 194 g/mol. The third-order valence-electron chi connectivity index (χ3n) is 3.05. The summed E-state index contributed by atoms with van der Waals surface area (Å²) in [6.07, 6.45) is 3.17. The van der Waals surface area contributed by atoms with Crippen molar-refractivity contribution in [2.75, 3.05) is 0 Å². The molecule has 0 aromatic heterocycles. The summed E-state index contributed by atoms with van der Waals surface area (Å²) in [6, 6.07) is 6.73. The van der Waals surface area contributed by atoms with E-state index in [2.05, 4.69) is 0 Å². The largest absolute Gasteiger partial charge is 0.508 e. The summed E-state index contributed by atoms with van der Waals surface area (Å²) in [5.74, 6) is 0.204. The number of para-hydroxylation sites is 1. The fourth-order valence-electron chi connectivity index (χ4n) is 2.22. The number of phenolic OH excluding ortho intramolecular Hbond substituents is 1. The molecule has 0 saturated heterocycles. The second kappa shape index (κ2) is 3.99. The molecule has 1 aliphatic rings. The van der Waals surface area contributed by atoms with Crippen LogP contribution in [0.2, 0.25) is 0 Å². The number of hydrogen-bond acceptors (Lipinski definition) is 1. The molecule has 76 valence electrons. The van der Waals surface area contributed by atoms with E-state index in [9.17, 15) is 9.50 Å². The quantitative estimate of drug-likeness (QED) is 0.762. The summed E-state index contributed by atoms with van der Waals surface area (Å²) in [7, 11) is 0. The van der Waals surface area contributed by atoms with Gasteiger partial charge >= 0.3 is 0 Å². The predicted octanol–water partition coefficient (Wildman–Crippen LogP) is 3.59. The Labute approximate surface area is 83.6 Å². The Morgan fingerprint density at radius 2 is 1.86 bits per heavy atom. The van der Waals surface area contributed by atoms with Crippen LogP contribution in [0.25, 0.3) is 0 Å². The highest BCUT2D eigenvalue weighted by molar-refractivity contribution is 5.34. The number of rotatable bonds is 2. The van der Waals surface area contributed by atoms with Crippen molar-refractivity contribution in [3.8, 4) is 5.75 Å². The third-order valence-corrected chi connectivity index (χ3v) is 3.05. The zero-order valence-electron chi connectivity index (χ0n) is 8.12. The van der Waals surface area contributed by atoms with Crippen LogP contribution in [-0.2, 0) is 0 Å². The average Bonchev–Trinajstić information content (AvgIpc) is 2.70. The smallest absolute Gasteiger partial charge is 0.131 e. The summed E-state index contributed by atoms with van der Waals surface area (Å²) >= 11 is 0. The van der Waals surface area contributed by atoms with Gasteiger partial charge in [0.15, 0.2) is 0 Å². The molecule has 1 fully saturated rings. The molecule has 1 aromatic rings. The Bertz CT molecular complexity index is 305. The maximum atomic E-state index is 13.9. The number of hydrogen-bond donors (Lipinski definition) is 1. The van der Waals surface area contributed by atoms with Crippen molar-refractivity contribution in [3.05, 3.63) is 29.8 Å². The lowest BCUT2D eigenvalue weighted by Crippen LogP contribution is -2.04. The number of phenols is 1. The Kier molecular flexibility index (Phi) is 2.71. The minimum Gasteiger partial charge on any atom is -0.508 e. The fraction of sp³-hybridized carbons (Fsp3) is 0.500. The molecule has 0 heterocycles. The van der Waals surface area contributed by atoms with E-state index in [4.69, 9.17) is 0 Å². The highest BCUT2D eigenvalue weighted by atomic mass is 19.1. The van der Waals surface area contributed by atoms with Gasteiger partial charge < -0.3 is 5.11 Å². The van der Waals surface area contributed by atoms with Gasteiger partial charge in [0.1, 0.15) is 11.9 Å². The Morgan fingerprint density at radius 3 is 2.50 bits per heavy atom. The van der Waals surface area contributed by atoms with Crippen molar-refractivity contribution in [1.82, 2.24) is 0 Å². The van der Waals surface area contributed by atoms with Crippen LogP contribution in [0.3, 0.4) is 0 Å². The minimum absolute atomic E-state index is 0.0897. The Balaban J connectivity index is 2.17. The topological polar surface area (TPSA) is 20.2 Å². The standard InChI is InChI=1S/C12H15FO/c13-12(9-5-1-2-6-9)10-7-3-4-8-11(10)14/h3-4,7-9,12,14H,1-2,5-6H2. The molecule has 0 amide bonds. The summed E-state index contributed by atoms with van der Waals surface area (Å²) in [5, 5.41) is 9.50. The molecular formula is C12H15FO. The highest BCUT2D eigenvalue weighted by Crippen LogP contribution is 2.40. The number of halogens is 1. The Morgan fingerprint density at radius 1 is 1.21 bits per heavy atom. The van der Waals surface area contributed by atoms with Gasteiger partial charge in [-0.3, -0.25) is 0 Å². The first-order valence-corrected chi connectivity index (χ1v) is 5.21. The van der Waals surface area contributed by atoms with Crippen molar-refractivity contribution >= 4 is 0 Å². The van der Waals surface area contributed by atoms with Crippen LogP contribution in [-0.4, -0.2) is 5.11 Å². The zero-order chi connectivity index (χ0) is 9.97. The molecular weight excluding hydrogens is 179 g/mol. The van der Waals surface area contributed by atoms with E-state index in [0.29, 0.717) is 5.56 Å². The van der Waals surface area contributed by atoms with Gasteiger partial charge in [-0.2, -0.15) is 0 Å². The van der Waals surface area contributed by atoms with Gasteiger partial charge in [-0.15, -0.1) is 0 Å². The number of benzene rings is 1. The van der Waals surface area contributed by atoms with Gasteiger partial charge in [-0.05, 0) is 24.8 Å². The van der Waals surface area contributed by atoms with E-state index < -0.39 is 6.17 Å². The molecule has 0 bridgehead atoms. The first-order valence-electron chi connectivity index (χ1n) is 5.21. The maximum Gasteiger partial charge on any atom is 0.131 e. The molecule has 0 spiro atoms. The van der Waals surface area contributed by atoms with E-state index in [1.165, 1.54) is 0 Å². The van der Waals surface area contributed by atoms with E-state index in [1.54, 1.807) is 24.3 Å². The predicted molar refractivity (Wildman–Crippen MR) is 53.9 cm³/mol. The molecule has 2 rings (SSSR count). The van der Waals surface area contributed by atoms with Gasteiger partial charge in [-0.25, -0.2) is 4.39 Å². The molecule has 1 N–H and O–H groups in total. The SMILES string of the molecule is Oc1ccccc1C(F)C1CCCC1. The van der Waals surface area contributed by atoms with Gasteiger partial charge in [-0.1, -0.05) is 31.0 Å². The molecule has 1 nitrogen and oxygen atoms in total. The van der Waals surface area contributed by atoms with Crippen LogP contribution in [0.15, 0.2) is 24.3 Å². The highest BCUT2D eigenvalue weighted by Gasteiger charge is 2.27. The second-order valence-electron chi connectivity index (χ2n) is 4.01. The van der Waals surface area contributed by atoms with E-state index in [1.807, 2.05) is 0 Å². The molecule has 14 heavy (non-hydrogen) atoms. The lowest BCUT2D eigenvalue weighted by Gasteiger charge is -2.16. The first kappa shape index (κ1) is 9.50. The first-order chi connectivity index (χ1) is 6.79. The van der Waals surface area contributed by atoms with Gasteiger partial charge in [0, 0.05) is 5.56 Å². The van der Waals surface area contributed by atoms with E-state index in [0.717, 1.165) is 25.7 Å². The number of alkyl halides is 1. The van der Waals surface area contributed by atoms with Crippen molar-refractivity contribution in [1.29, 1.82) is 0 Å². The van der Waals surface area contributed by atoms with Crippen LogP contribution in [0, 0.1) is 5.92 Å². The summed E-state index contributed by atoms with van der Waals surface area (Å²) < 4.78 is 13.9. The molecule has 1 unspecified atom stereocenters. The third kappa shape index (κ3) is 1.74. The van der Waals surface area contributed by atoms with Crippen LogP contribution in [0.4, 0.5) is 4.39 Å². The monoisotopic (exact) mass is 194 g/mol. The lowest BCUT2D eigenvalue weighted by molar-refractivity contribution is 0.229. The molecule has 1 aliphatic carbocycles. The van der Waals surface area contributed by atoms with Crippen molar-refractivity contribution in [3.63, 3.8) is 0 Å². The fourth-order valence-corrected chi connectivity index (χ4v) is 2.22. The van der Waals surface area contributed by atoms with Crippen molar-refractivity contribution in [2.45, 2.75) is 31.9 Å². The van der Waals surface area contributed by atoms with Gasteiger partial charge in [0.05, 0.1) is 0 Å². The summed E-state index contributed by atoms with van der Waals surface area (Å²) in [6.45, 7) is 0. The van der Waals surface area contributed by atoms with Crippen LogP contribution < -0.4 is 0 Å². The second-order valence-corrected chi connectivity index (χ2v) is 4.01. The molecule has 1 saturated carbocycles. The zero-order valence-corrected chi connectivity index (χ0v) is 8.12. The van der Waals surface area contributed by atoms with Gasteiger partial charge in [0.2, 0.25) is 0 Å². The van der Waals surface area contributed by atoms with E-state index >= 15 is 0 Å². The lowest BCUT2D eigenvalue weighted by atomic mass is 9.95. The van der Waals surface area contributed by atoms with Crippen LogP contribution in [0.5, 0.6) is 5.75 Å². The maximum absolute atomic E-state index is 13.9. The molecule has 0 radical (unpaired) electrons. The van der Waals surface area contributed by atoms with Crippen LogP contribution in [0.1, 0.15) is 37.4 Å². The normalized spacial score (nSPS) is 19.8. The summed E-state index contributed by atoms with van der Waals surface area (Å²) in [5.41, 5.74) is 0.458. The summed E-state index contributed by atoms with van der Waals surface area (Å²) in [4.78, 5) is 0. The van der Waals surface area contributed by atoms with Crippen molar-refractivity contribution < 1.29 is 9.50 Å². The number of aromatic hydroxyl groups is 1. The van der Waals surface area contributed by atoms with Gasteiger partial charge in [0.25, 0.3) is 0 Å². The molecule has 1 atom stereocenters. The van der Waals surface area contributed by atoms with Crippen LogP contribution >= 0.6 is 0 Å². The van der Waals surface area contributed by atoms with E-state index in [-0.39, 0.29) is 11.7 Å². The Hall–Kier alpha value is -1.05.